The zero-order chi connectivity index (χ0) is 21.8. The molecule has 1 heterocycles. The number of phenols is 1. The highest BCUT2D eigenvalue weighted by Gasteiger charge is 2.21. The van der Waals surface area contributed by atoms with Crippen molar-refractivity contribution in [3.05, 3.63) is 62.8 Å². The fraction of sp³-hybridized carbons (Fsp3) is 0.286. The lowest BCUT2D eigenvalue weighted by molar-refractivity contribution is -0.384. The van der Waals surface area contributed by atoms with Gasteiger partial charge >= 0.3 is 5.97 Å². The third-order valence-corrected chi connectivity index (χ3v) is 5.14. The van der Waals surface area contributed by atoms with Crippen LogP contribution in [-0.4, -0.2) is 33.7 Å². The van der Waals surface area contributed by atoms with E-state index in [9.17, 15) is 20.0 Å². The third kappa shape index (κ3) is 4.33. The lowest BCUT2D eigenvalue weighted by Crippen LogP contribution is -2.10. The number of ether oxygens (including phenoxy) is 1. The number of benzene rings is 2. The number of halogens is 1. The smallest absolute Gasteiger partial charge is 0.340 e. The molecule has 3 rings (SSSR count). The number of nitrogens with zero attached hydrogens (tertiary/aromatic N) is 2. The maximum absolute atomic E-state index is 12.4. The number of aromatic nitrogens is 1. The van der Waals surface area contributed by atoms with Crippen LogP contribution < -0.4 is 5.32 Å². The molecule has 0 aliphatic carbocycles. The van der Waals surface area contributed by atoms with Gasteiger partial charge in [-0.1, -0.05) is 11.6 Å². The minimum absolute atomic E-state index is 0.0604. The van der Waals surface area contributed by atoms with Crippen molar-refractivity contribution in [2.24, 2.45) is 0 Å². The van der Waals surface area contributed by atoms with Crippen molar-refractivity contribution in [1.29, 1.82) is 0 Å². The molecule has 2 aromatic carbocycles. The molecule has 2 N–H and O–H groups in total. The first-order valence-corrected chi connectivity index (χ1v) is 9.88. The number of carbonyl (C=O) groups excluding carboxylic acids is 1. The van der Waals surface area contributed by atoms with E-state index in [1.165, 1.54) is 12.1 Å². The molecule has 3 aromatic rings. The molecule has 0 fully saturated rings. The summed E-state index contributed by atoms with van der Waals surface area (Å²) < 4.78 is 7.20. The number of hydrogen-bond donors (Lipinski definition) is 2. The van der Waals surface area contributed by atoms with Gasteiger partial charge in [-0.05, 0) is 44.5 Å². The Morgan fingerprint density at radius 2 is 2.07 bits per heavy atom. The second-order valence-electron chi connectivity index (χ2n) is 6.74. The van der Waals surface area contributed by atoms with Crippen LogP contribution >= 0.6 is 11.6 Å². The topological polar surface area (TPSA) is 107 Å². The lowest BCUT2D eigenvalue weighted by atomic mass is 10.1. The van der Waals surface area contributed by atoms with Gasteiger partial charge in [0, 0.05) is 41.8 Å². The summed E-state index contributed by atoms with van der Waals surface area (Å²) in [6.07, 6.45) is 0.709. The van der Waals surface area contributed by atoms with Gasteiger partial charge in [-0.3, -0.25) is 10.1 Å². The number of fused-ring (bicyclic) bond motifs is 1. The molecule has 0 bridgehead atoms. The van der Waals surface area contributed by atoms with E-state index in [1.807, 2.05) is 11.5 Å². The molecule has 8 nitrogen and oxygen atoms in total. The highest BCUT2D eigenvalue weighted by molar-refractivity contribution is 6.33. The molecule has 30 heavy (non-hydrogen) atoms. The summed E-state index contributed by atoms with van der Waals surface area (Å²) >= 11 is 6.11. The molecule has 1 aromatic heterocycles. The Kier molecular flexibility index (Phi) is 6.47. The van der Waals surface area contributed by atoms with Gasteiger partial charge in [0.25, 0.3) is 5.69 Å². The van der Waals surface area contributed by atoms with Crippen LogP contribution in [0.15, 0.2) is 36.4 Å². The minimum atomic E-state index is -0.492. The Bertz CT molecular complexity index is 1110. The molecule has 9 heteroatoms. The number of nitro groups is 1. The molecular weight excluding hydrogens is 410 g/mol. The average Bonchev–Trinajstić information content (AvgIpc) is 2.96. The van der Waals surface area contributed by atoms with Crippen LogP contribution in [0.2, 0.25) is 5.02 Å². The first kappa shape index (κ1) is 21.4. The monoisotopic (exact) mass is 431 g/mol. The molecule has 158 valence electrons. The number of rotatable bonds is 8. The molecule has 0 spiro atoms. The lowest BCUT2D eigenvalue weighted by Gasteiger charge is -2.11. The predicted octanol–water partition coefficient (Wildman–Crippen LogP) is 4.90. The molecule has 0 saturated heterocycles. The standard InChI is InChI=1S/C21H22ClN3O5/c1-3-30-21(27)20-13(2)24(19-8-6-15(26)12-16(19)20)10-4-9-23-18-7-5-14(25(28)29)11-17(18)22/h5-8,11-12,23,26H,3-4,9-10H2,1-2H3. The number of carbonyl (C=O) groups is 1. The fourth-order valence-corrected chi connectivity index (χ4v) is 3.68. The van der Waals surface area contributed by atoms with E-state index in [-0.39, 0.29) is 23.1 Å². The number of aryl methyl sites for hydroxylation is 1. The predicted molar refractivity (Wildman–Crippen MR) is 116 cm³/mol. The van der Waals surface area contributed by atoms with Crippen molar-refractivity contribution in [2.75, 3.05) is 18.5 Å². The van der Waals surface area contributed by atoms with E-state index in [2.05, 4.69) is 5.32 Å². The first-order chi connectivity index (χ1) is 14.3. The Morgan fingerprint density at radius 1 is 1.30 bits per heavy atom. The van der Waals surface area contributed by atoms with Crippen LogP contribution in [0.25, 0.3) is 10.9 Å². The summed E-state index contributed by atoms with van der Waals surface area (Å²) in [5.74, 6) is -0.334. The summed E-state index contributed by atoms with van der Waals surface area (Å²) in [7, 11) is 0. The largest absolute Gasteiger partial charge is 0.508 e. The SMILES string of the molecule is CCOC(=O)c1c(C)n(CCCNc2ccc([N+](=O)[O-])cc2Cl)c2ccc(O)cc12. The Labute approximate surface area is 178 Å². The van der Waals surface area contributed by atoms with Crippen molar-refractivity contribution in [1.82, 2.24) is 4.57 Å². The van der Waals surface area contributed by atoms with Gasteiger partial charge in [-0.2, -0.15) is 0 Å². The van der Waals surface area contributed by atoms with E-state index in [4.69, 9.17) is 16.3 Å². The van der Waals surface area contributed by atoms with Gasteiger partial charge in [-0.15, -0.1) is 0 Å². The Hall–Kier alpha value is -3.26. The molecule has 0 amide bonds. The van der Waals surface area contributed by atoms with Crippen LogP contribution in [0.4, 0.5) is 11.4 Å². The van der Waals surface area contributed by atoms with E-state index < -0.39 is 10.9 Å². The van der Waals surface area contributed by atoms with Crippen LogP contribution in [0.3, 0.4) is 0 Å². The number of anilines is 1. The summed E-state index contributed by atoms with van der Waals surface area (Å²) in [5, 5.41) is 24.8. The number of nitro benzene ring substituents is 1. The zero-order valence-corrected chi connectivity index (χ0v) is 17.4. The number of phenolic OH excluding ortho intramolecular Hbond substituents is 1. The minimum Gasteiger partial charge on any atom is -0.508 e. The Morgan fingerprint density at radius 3 is 2.73 bits per heavy atom. The van der Waals surface area contributed by atoms with Crippen molar-refractivity contribution >= 4 is 39.8 Å². The summed E-state index contributed by atoms with van der Waals surface area (Å²) in [6, 6.07) is 9.23. The number of nitrogens with one attached hydrogen (secondary N) is 1. The molecule has 0 aliphatic rings. The quantitative estimate of drug-likeness (QED) is 0.227. The molecule has 0 unspecified atom stereocenters. The zero-order valence-electron chi connectivity index (χ0n) is 16.6. The molecular formula is C21H22ClN3O5. The van der Waals surface area contributed by atoms with E-state index >= 15 is 0 Å². The molecule has 0 radical (unpaired) electrons. The van der Waals surface area contributed by atoms with Crippen molar-refractivity contribution in [3.8, 4) is 5.75 Å². The fourth-order valence-electron chi connectivity index (χ4n) is 3.44. The normalized spacial score (nSPS) is 10.9. The molecule has 0 atom stereocenters. The molecule has 0 aliphatic heterocycles. The third-order valence-electron chi connectivity index (χ3n) is 4.82. The first-order valence-electron chi connectivity index (χ1n) is 9.50. The number of non-ortho nitro benzene ring substituents is 1. The molecule has 0 saturated carbocycles. The van der Waals surface area contributed by atoms with Gasteiger partial charge in [-0.25, -0.2) is 4.79 Å². The number of esters is 1. The van der Waals surface area contributed by atoms with Crippen LogP contribution in [0, 0.1) is 17.0 Å². The number of hydrogen-bond acceptors (Lipinski definition) is 6. The summed E-state index contributed by atoms with van der Waals surface area (Å²) in [5.41, 5.74) is 2.61. The second-order valence-corrected chi connectivity index (χ2v) is 7.14. The second kappa shape index (κ2) is 9.04. The van der Waals surface area contributed by atoms with Crippen molar-refractivity contribution < 1.29 is 19.6 Å². The van der Waals surface area contributed by atoms with Gasteiger partial charge < -0.3 is 19.7 Å². The summed E-state index contributed by atoms with van der Waals surface area (Å²) in [6.45, 7) is 5.06. The highest BCUT2D eigenvalue weighted by atomic mass is 35.5. The van der Waals surface area contributed by atoms with Gasteiger partial charge in [0.1, 0.15) is 5.75 Å². The van der Waals surface area contributed by atoms with Crippen LogP contribution in [-0.2, 0) is 11.3 Å². The maximum atomic E-state index is 12.4. The van der Waals surface area contributed by atoms with Crippen LogP contribution in [0.1, 0.15) is 29.4 Å². The highest BCUT2D eigenvalue weighted by Crippen LogP contribution is 2.30. The van der Waals surface area contributed by atoms with Gasteiger partial charge in [0.15, 0.2) is 0 Å². The Balaban J connectivity index is 1.76. The maximum Gasteiger partial charge on any atom is 0.340 e. The van der Waals surface area contributed by atoms with Gasteiger partial charge in [0.2, 0.25) is 0 Å². The van der Waals surface area contributed by atoms with E-state index in [0.717, 1.165) is 11.2 Å². The summed E-state index contributed by atoms with van der Waals surface area (Å²) in [4.78, 5) is 22.8. The number of aromatic hydroxyl groups is 1. The van der Waals surface area contributed by atoms with Crippen LogP contribution in [0.5, 0.6) is 5.75 Å². The van der Waals surface area contributed by atoms with Crippen molar-refractivity contribution in [3.63, 3.8) is 0 Å². The van der Waals surface area contributed by atoms with E-state index in [0.29, 0.717) is 36.1 Å². The van der Waals surface area contributed by atoms with Crippen molar-refractivity contribution in [2.45, 2.75) is 26.8 Å². The average molecular weight is 432 g/mol. The van der Waals surface area contributed by atoms with Gasteiger partial charge in [0.05, 0.1) is 27.8 Å². The van der Waals surface area contributed by atoms with E-state index in [1.54, 1.807) is 31.2 Å².